The lowest BCUT2D eigenvalue weighted by atomic mass is 10.1. The summed E-state index contributed by atoms with van der Waals surface area (Å²) >= 11 is 5.95. The van der Waals surface area contributed by atoms with Crippen LogP contribution in [0.2, 0.25) is 5.02 Å². The van der Waals surface area contributed by atoms with Gasteiger partial charge in [-0.15, -0.1) is 0 Å². The lowest BCUT2D eigenvalue weighted by Crippen LogP contribution is -2.37. The van der Waals surface area contributed by atoms with E-state index in [0.29, 0.717) is 5.02 Å². The summed E-state index contributed by atoms with van der Waals surface area (Å²) in [7, 11) is 2.07. The summed E-state index contributed by atoms with van der Waals surface area (Å²) in [5.41, 5.74) is 1.70. The summed E-state index contributed by atoms with van der Waals surface area (Å²) in [4.78, 5) is 17.3. The van der Waals surface area contributed by atoms with Gasteiger partial charge in [-0.2, -0.15) is 0 Å². The molecule has 4 nitrogen and oxygen atoms in total. The van der Waals surface area contributed by atoms with E-state index in [2.05, 4.69) is 16.9 Å². The summed E-state index contributed by atoms with van der Waals surface area (Å²) in [5, 5.41) is 0.646. The van der Waals surface area contributed by atoms with E-state index in [1.165, 1.54) is 12.8 Å². The Balaban J connectivity index is 2.16. The van der Waals surface area contributed by atoms with E-state index >= 15 is 0 Å². The van der Waals surface area contributed by atoms with Crippen LogP contribution in [0.4, 0.5) is 0 Å². The van der Waals surface area contributed by atoms with Gasteiger partial charge in [0.15, 0.2) is 0 Å². The van der Waals surface area contributed by atoms with Crippen LogP contribution in [0.3, 0.4) is 0 Å². The number of halogens is 1. The highest BCUT2D eigenvalue weighted by Gasteiger charge is 2.23. The maximum Gasteiger partial charge on any atom is 0.327 e. The third-order valence-corrected chi connectivity index (χ3v) is 3.94. The number of hydrogen-bond donors (Lipinski definition) is 1. The van der Waals surface area contributed by atoms with Crippen molar-refractivity contribution in [3.8, 4) is 0 Å². The van der Waals surface area contributed by atoms with E-state index in [1.807, 2.05) is 16.7 Å². The van der Waals surface area contributed by atoms with E-state index in [-0.39, 0.29) is 11.9 Å². The highest BCUT2D eigenvalue weighted by atomic mass is 35.5. The van der Waals surface area contributed by atoms with E-state index < -0.39 is 0 Å². The van der Waals surface area contributed by atoms with Gasteiger partial charge in [-0.1, -0.05) is 11.6 Å². The van der Waals surface area contributed by atoms with Crippen LogP contribution in [0.5, 0.6) is 0 Å². The maximum absolute atomic E-state index is 12.1. The fourth-order valence-electron chi connectivity index (χ4n) is 2.78. The van der Waals surface area contributed by atoms with Gasteiger partial charge in [-0.3, -0.25) is 9.47 Å². The molecule has 1 N–H and O–H groups in total. The van der Waals surface area contributed by atoms with Gasteiger partial charge in [0.1, 0.15) is 0 Å². The van der Waals surface area contributed by atoms with Crippen LogP contribution in [0, 0.1) is 0 Å². The Hall–Kier alpha value is -1.26. The zero-order valence-corrected chi connectivity index (χ0v) is 11.1. The second-order valence-electron chi connectivity index (χ2n) is 4.92. The molecule has 1 aromatic carbocycles. The van der Waals surface area contributed by atoms with Crippen molar-refractivity contribution >= 4 is 22.6 Å². The van der Waals surface area contributed by atoms with Crippen LogP contribution in [0.1, 0.15) is 25.4 Å². The molecule has 1 fully saturated rings. The maximum atomic E-state index is 12.1. The van der Waals surface area contributed by atoms with Crippen LogP contribution in [-0.4, -0.2) is 28.0 Å². The fraction of sp³-hybridized carbons (Fsp3) is 0.462. The number of benzene rings is 1. The van der Waals surface area contributed by atoms with Crippen molar-refractivity contribution in [2.24, 2.45) is 0 Å². The van der Waals surface area contributed by atoms with Crippen LogP contribution >= 0.6 is 11.6 Å². The first-order valence-electron chi connectivity index (χ1n) is 6.27. The van der Waals surface area contributed by atoms with Crippen molar-refractivity contribution in [1.29, 1.82) is 0 Å². The Bertz CT molecular complexity index is 631. The Morgan fingerprint density at radius 1 is 1.39 bits per heavy atom. The van der Waals surface area contributed by atoms with Crippen molar-refractivity contribution in [1.82, 2.24) is 14.5 Å². The molecule has 1 unspecified atom stereocenters. The monoisotopic (exact) mass is 265 g/mol. The van der Waals surface area contributed by atoms with Crippen molar-refractivity contribution in [3.63, 3.8) is 0 Å². The third kappa shape index (κ3) is 1.85. The minimum absolute atomic E-state index is 0.0500. The summed E-state index contributed by atoms with van der Waals surface area (Å²) in [6.45, 7) is 1.04. The molecule has 0 amide bonds. The van der Waals surface area contributed by atoms with Gasteiger partial charge in [-0.05, 0) is 51.1 Å². The van der Waals surface area contributed by atoms with Crippen molar-refractivity contribution in [3.05, 3.63) is 33.7 Å². The number of aromatic nitrogens is 2. The van der Waals surface area contributed by atoms with E-state index in [9.17, 15) is 4.79 Å². The molecule has 0 aliphatic carbocycles. The van der Waals surface area contributed by atoms with Crippen LogP contribution in [-0.2, 0) is 0 Å². The van der Waals surface area contributed by atoms with Gasteiger partial charge in [0.2, 0.25) is 0 Å². The standard InChI is InChI=1S/C13H16ClN3O/c1-16-7-3-2-4-12(16)17-11-6-5-9(14)8-10(11)15-13(17)18/h5-6,8,12H,2-4,7H2,1H3,(H,15,18). The number of likely N-dealkylation sites (tertiary alicyclic amines) is 1. The average molecular weight is 266 g/mol. The predicted molar refractivity (Wildman–Crippen MR) is 73.1 cm³/mol. The average Bonchev–Trinajstić information content (AvgIpc) is 2.65. The summed E-state index contributed by atoms with van der Waals surface area (Å²) in [5.74, 6) is 0. The van der Waals surface area contributed by atoms with Gasteiger partial charge in [-0.25, -0.2) is 4.79 Å². The Morgan fingerprint density at radius 3 is 3.00 bits per heavy atom. The van der Waals surface area contributed by atoms with Crippen molar-refractivity contribution < 1.29 is 0 Å². The number of fused-ring (bicyclic) bond motifs is 1. The molecule has 2 heterocycles. The molecule has 5 heteroatoms. The number of nitrogens with one attached hydrogen (secondary N) is 1. The molecule has 0 saturated carbocycles. The summed E-state index contributed by atoms with van der Waals surface area (Å²) in [6, 6.07) is 5.55. The largest absolute Gasteiger partial charge is 0.327 e. The number of rotatable bonds is 1. The zero-order chi connectivity index (χ0) is 12.7. The topological polar surface area (TPSA) is 41.0 Å². The molecule has 2 aromatic rings. The van der Waals surface area contributed by atoms with Gasteiger partial charge in [0.25, 0.3) is 0 Å². The first-order valence-corrected chi connectivity index (χ1v) is 6.64. The van der Waals surface area contributed by atoms with Crippen LogP contribution in [0.15, 0.2) is 23.0 Å². The van der Waals surface area contributed by atoms with E-state index in [4.69, 9.17) is 11.6 Å². The molecule has 0 spiro atoms. The van der Waals surface area contributed by atoms with Gasteiger partial charge >= 0.3 is 5.69 Å². The van der Waals surface area contributed by atoms with E-state index in [0.717, 1.165) is 24.0 Å². The molecular weight excluding hydrogens is 250 g/mol. The van der Waals surface area contributed by atoms with Crippen LogP contribution in [0.25, 0.3) is 11.0 Å². The van der Waals surface area contributed by atoms with Crippen LogP contribution < -0.4 is 5.69 Å². The first-order chi connectivity index (χ1) is 8.66. The Labute approximate surface area is 110 Å². The van der Waals surface area contributed by atoms with Crippen molar-refractivity contribution in [2.45, 2.75) is 25.4 Å². The number of imidazole rings is 1. The SMILES string of the molecule is CN1CCCCC1n1c(=O)[nH]c2cc(Cl)ccc21. The molecule has 1 aliphatic rings. The van der Waals surface area contributed by atoms with E-state index in [1.54, 1.807) is 6.07 Å². The predicted octanol–water partition coefficient (Wildman–Crippen LogP) is 2.60. The number of aromatic amines is 1. The lowest BCUT2D eigenvalue weighted by molar-refractivity contribution is 0.128. The number of nitrogens with zero attached hydrogens (tertiary/aromatic N) is 2. The molecular formula is C13H16ClN3O. The quantitative estimate of drug-likeness (QED) is 0.861. The molecule has 3 rings (SSSR count). The minimum Gasteiger partial charge on any atom is -0.305 e. The summed E-state index contributed by atoms with van der Waals surface area (Å²) < 4.78 is 1.85. The molecule has 1 atom stereocenters. The Kier molecular flexibility index (Phi) is 2.92. The first kappa shape index (κ1) is 11.8. The highest BCUT2D eigenvalue weighted by molar-refractivity contribution is 6.31. The molecule has 1 aromatic heterocycles. The molecule has 1 aliphatic heterocycles. The fourth-order valence-corrected chi connectivity index (χ4v) is 2.96. The molecule has 18 heavy (non-hydrogen) atoms. The van der Waals surface area contributed by atoms with Gasteiger partial charge < -0.3 is 4.98 Å². The molecule has 0 bridgehead atoms. The van der Waals surface area contributed by atoms with Crippen molar-refractivity contribution in [2.75, 3.05) is 13.6 Å². The third-order valence-electron chi connectivity index (χ3n) is 3.71. The number of H-pyrrole nitrogens is 1. The zero-order valence-electron chi connectivity index (χ0n) is 10.3. The number of hydrogen-bond acceptors (Lipinski definition) is 2. The molecule has 1 saturated heterocycles. The summed E-state index contributed by atoms with van der Waals surface area (Å²) in [6.07, 6.45) is 3.55. The van der Waals surface area contributed by atoms with Gasteiger partial charge in [0, 0.05) is 5.02 Å². The molecule has 96 valence electrons. The minimum atomic E-state index is -0.0500. The highest BCUT2D eigenvalue weighted by Crippen LogP contribution is 2.27. The Morgan fingerprint density at radius 2 is 2.22 bits per heavy atom. The smallest absolute Gasteiger partial charge is 0.305 e. The second kappa shape index (κ2) is 4.44. The molecule has 0 radical (unpaired) electrons. The normalized spacial score (nSPS) is 21.6. The number of piperidine rings is 1. The second-order valence-corrected chi connectivity index (χ2v) is 5.36. The lowest BCUT2D eigenvalue weighted by Gasteiger charge is -2.33. The van der Waals surface area contributed by atoms with Gasteiger partial charge in [0.05, 0.1) is 17.2 Å².